The van der Waals surface area contributed by atoms with Gasteiger partial charge in [0.1, 0.15) is 11.3 Å². The molecule has 1 amide bonds. The molecule has 2 aromatic carbocycles. The lowest BCUT2D eigenvalue weighted by Crippen LogP contribution is -2.22. The maximum Gasteiger partial charge on any atom is 0.336 e. The van der Waals surface area contributed by atoms with E-state index in [9.17, 15) is 14.4 Å². The highest BCUT2D eigenvalue weighted by atomic mass is 16.5. The summed E-state index contributed by atoms with van der Waals surface area (Å²) in [7, 11) is 1.47. The number of primary amides is 1. The van der Waals surface area contributed by atoms with Gasteiger partial charge < -0.3 is 24.4 Å². The van der Waals surface area contributed by atoms with Gasteiger partial charge in [0.15, 0.2) is 18.1 Å². The lowest BCUT2D eigenvalue weighted by atomic mass is 9.85. The number of hydrogen-bond donors (Lipinski definition) is 1. The first-order chi connectivity index (χ1) is 14.4. The number of amides is 1. The predicted molar refractivity (Wildman–Crippen MR) is 107 cm³/mol. The third-order valence-corrected chi connectivity index (χ3v) is 5.02. The number of methoxy groups -OCH3 is 1. The number of nitrogens with two attached hydrogens (primary N) is 1. The maximum atomic E-state index is 12.3. The Bertz CT molecular complexity index is 1230. The average Bonchev–Trinajstić information content (AvgIpc) is 2.70. The van der Waals surface area contributed by atoms with Gasteiger partial charge in [-0.3, -0.25) is 9.59 Å². The van der Waals surface area contributed by atoms with Crippen molar-refractivity contribution in [1.29, 1.82) is 0 Å². The minimum absolute atomic E-state index is 0.0639. The van der Waals surface area contributed by atoms with Crippen molar-refractivity contribution in [2.45, 2.75) is 19.3 Å². The fourth-order valence-corrected chi connectivity index (χ4v) is 3.69. The van der Waals surface area contributed by atoms with E-state index in [-0.39, 0.29) is 13.0 Å². The highest BCUT2D eigenvalue weighted by Crippen LogP contribution is 2.44. The molecule has 1 unspecified atom stereocenters. The van der Waals surface area contributed by atoms with Gasteiger partial charge in [0.05, 0.1) is 13.5 Å². The molecule has 0 aliphatic carbocycles. The number of ether oxygens (including phenoxy) is 3. The Morgan fingerprint density at radius 3 is 2.70 bits per heavy atom. The predicted octanol–water partition coefficient (Wildman–Crippen LogP) is 2.42. The molecule has 8 nitrogen and oxygen atoms in total. The molecule has 4 rings (SSSR count). The van der Waals surface area contributed by atoms with E-state index in [0.29, 0.717) is 28.4 Å². The van der Waals surface area contributed by atoms with Crippen LogP contribution >= 0.6 is 0 Å². The zero-order valence-corrected chi connectivity index (χ0v) is 16.4. The first-order valence-corrected chi connectivity index (χ1v) is 9.24. The highest BCUT2D eigenvalue weighted by molar-refractivity contribution is 5.90. The Morgan fingerprint density at radius 1 is 1.17 bits per heavy atom. The second-order valence-corrected chi connectivity index (χ2v) is 7.00. The number of fused-ring (bicyclic) bond motifs is 3. The molecule has 1 aliphatic heterocycles. The number of hydrogen-bond acceptors (Lipinski definition) is 7. The Morgan fingerprint density at radius 2 is 1.97 bits per heavy atom. The van der Waals surface area contributed by atoms with Gasteiger partial charge in [-0.2, -0.15) is 0 Å². The van der Waals surface area contributed by atoms with E-state index in [1.54, 1.807) is 30.3 Å². The van der Waals surface area contributed by atoms with E-state index in [4.69, 9.17) is 24.4 Å². The normalized spacial score (nSPS) is 15.4. The van der Waals surface area contributed by atoms with Crippen LogP contribution < -0.4 is 25.6 Å². The molecule has 1 aliphatic rings. The van der Waals surface area contributed by atoms with Crippen LogP contribution in [0.15, 0.2) is 45.6 Å². The Kier molecular flexibility index (Phi) is 4.91. The van der Waals surface area contributed by atoms with Gasteiger partial charge in [-0.15, -0.1) is 0 Å². The van der Waals surface area contributed by atoms with Crippen molar-refractivity contribution in [3.63, 3.8) is 0 Å². The van der Waals surface area contributed by atoms with Crippen LogP contribution in [0.25, 0.3) is 11.0 Å². The smallest absolute Gasteiger partial charge is 0.336 e. The molecule has 2 N–H and O–H groups in total. The number of rotatable bonds is 5. The van der Waals surface area contributed by atoms with Crippen LogP contribution in [0.1, 0.15) is 29.0 Å². The Labute approximate surface area is 171 Å². The molecule has 0 saturated heterocycles. The van der Waals surface area contributed by atoms with Crippen LogP contribution in [0.5, 0.6) is 17.2 Å². The number of benzene rings is 2. The SMILES string of the molecule is COc1cc(C2CC(=O)Oc3ccc4c(C)cc(=O)oc4c32)ccc1OCC(N)=O. The topological polar surface area (TPSA) is 118 Å². The van der Waals surface area contributed by atoms with E-state index in [1.165, 1.54) is 13.2 Å². The van der Waals surface area contributed by atoms with Crippen molar-refractivity contribution in [1.82, 2.24) is 0 Å². The zero-order valence-electron chi connectivity index (χ0n) is 16.4. The monoisotopic (exact) mass is 409 g/mol. The fourth-order valence-electron chi connectivity index (χ4n) is 3.69. The van der Waals surface area contributed by atoms with Gasteiger partial charge in [-0.1, -0.05) is 6.07 Å². The van der Waals surface area contributed by atoms with Crippen LogP contribution in [0.3, 0.4) is 0 Å². The van der Waals surface area contributed by atoms with E-state index >= 15 is 0 Å². The van der Waals surface area contributed by atoms with Gasteiger partial charge in [-0.25, -0.2) is 4.79 Å². The van der Waals surface area contributed by atoms with Crippen molar-refractivity contribution >= 4 is 22.8 Å². The van der Waals surface area contributed by atoms with E-state index in [2.05, 4.69) is 0 Å². The molecular weight excluding hydrogens is 390 g/mol. The third kappa shape index (κ3) is 3.47. The number of carbonyl (C=O) groups is 2. The Balaban J connectivity index is 1.87. The molecule has 0 saturated carbocycles. The van der Waals surface area contributed by atoms with E-state index < -0.39 is 23.4 Å². The number of esters is 1. The molecule has 2 heterocycles. The van der Waals surface area contributed by atoms with Crippen LogP contribution in [0.2, 0.25) is 0 Å². The molecule has 0 radical (unpaired) electrons. The van der Waals surface area contributed by atoms with Crippen molar-refractivity contribution in [3.8, 4) is 17.2 Å². The first kappa shape index (κ1) is 19.5. The van der Waals surface area contributed by atoms with Crippen molar-refractivity contribution in [2.75, 3.05) is 13.7 Å². The van der Waals surface area contributed by atoms with Crippen molar-refractivity contribution in [3.05, 3.63) is 63.5 Å². The summed E-state index contributed by atoms with van der Waals surface area (Å²) in [5.74, 6) is -0.345. The summed E-state index contributed by atoms with van der Waals surface area (Å²) in [4.78, 5) is 35.3. The van der Waals surface area contributed by atoms with Gasteiger partial charge in [0, 0.05) is 22.9 Å². The largest absolute Gasteiger partial charge is 0.493 e. The lowest BCUT2D eigenvalue weighted by molar-refractivity contribution is -0.135. The van der Waals surface area contributed by atoms with Gasteiger partial charge >= 0.3 is 11.6 Å². The summed E-state index contributed by atoms with van der Waals surface area (Å²) in [6.45, 7) is 1.53. The van der Waals surface area contributed by atoms with Crippen LogP contribution in [0.4, 0.5) is 0 Å². The highest BCUT2D eigenvalue weighted by Gasteiger charge is 2.32. The maximum absolute atomic E-state index is 12.3. The second kappa shape index (κ2) is 7.55. The summed E-state index contributed by atoms with van der Waals surface area (Å²) >= 11 is 0. The van der Waals surface area contributed by atoms with Crippen LogP contribution in [0, 0.1) is 6.92 Å². The molecule has 1 atom stereocenters. The molecule has 30 heavy (non-hydrogen) atoms. The van der Waals surface area contributed by atoms with Crippen LogP contribution in [-0.2, 0) is 9.59 Å². The lowest BCUT2D eigenvalue weighted by Gasteiger charge is -2.26. The second-order valence-electron chi connectivity index (χ2n) is 7.00. The molecule has 3 aromatic rings. The molecule has 0 fully saturated rings. The fraction of sp³-hybridized carbons (Fsp3) is 0.227. The molecule has 1 aromatic heterocycles. The summed E-state index contributed by atoms with van der Waals surface area (Å²) in [5.41, 5.74) is 7.19. The molecule has 0 spiro atoms. The minimum Gasteiger partial charge on any atom is -0.493 e. The molecule has 154 valence electrons. The average molecular weight is 409 g/mol. The zero-order chi connectivity index (χ0) is 21.4. The first-order valence-electron chi connectivity index (χ1n) is 9.24. The quantitative estimate of drug-likeness (QED) is 0.390. The van der Waals surface area contributed by atoms with Gasteiger partial charge in [0.25, 0.3) is 5.91 Å². The molecule has 0 bridgehead atoms. The summed E-state index contributed by atoms with van der Waals surface area (Å²) < 4.78 is 21.7. The van der Waals surface area contributed by atoms with Crippen LogP contribution in [-0.4, -0.2) is 25.6 Å². The summed E-state index contributed by atoms with van der Waals surface area (Å²) in [6.07, 6.45) is 0.0639. The standard InChI is InChI=1S/C22H19NO7/c1-11-7-19(25)30-22-13(11)4-6-16-21(22)14(9-20(26)29-16)12-3-5-15(17(8-12)27-2)28-10-18(23)24/h3-8,14H,9-10H2,1-2H3,(H2,23,24). The number of aryl methyl sites for hydroxylation is 1. The van der Waals surface area contributed by atoms with E-state index in [1.807, 2.05) is 6.92 Å². The summed E-state index contributed by atoms with van der Waals surface area (Å²) in [6, 6.07) is 10.0. The molecule has 8 heteroatoms. The van der Waals surface area contributed by atoms with Crippen molar-refractivity contribution in [2.24, 2.45) is 5.73 Å². The van der Waals surface area contributed by atoms with Gasteiger partial charge in [0.2, 0.25) is 0 Å². The molecular formula is C22H19NO7. The minimum atomic E-state index is -0.609. The van der Waals surface area contributed by atoms with E-state index in [0.717, 1.165) is 16.5 Å². The Hall–Kier alpha value is -3.81. The third-order valence-electron chi connectivity index (χ3n) is 5.02. The van der Waals surface area contributed by atoms with Crippen molar-refractivity contribution < 1.29 is 28.2 Å². The number of carbonyl (C=O) groups excluding carboxylic acids is 2. The van der Waals surface area contributed by atoms with Gasteiger partial charge in [-0.05, 0) is 42.3 Å². The summed E-state index contributed by atoms with van der Waals surface area (Å²) in [5, 5.41) is 0.768.